The number of ether oxygens (including phenoxy) is 1. The molecule has 1 aromatic heterocycles. The molecule has 0 saturated heterocycles. The van der Waals surface area contributed by atoms with E-state index in [4.69, 9.17) is 4.74 Å². The second-order valence-electron chi connectivity index (χ2n) is 6.78. The molecule has 1 unspecified atom stereocenters. The number of amides is 1. The van der Waals surface area contributed by atoms with Crippen LogP contribution in [0.4, 0.5) is 5.82 Å². The molecule has 0 aliphatic carbocycles. The summed E-state index contributed by atoms with van der Waals surface area (Å²) < 4.78 is 5.38. The van der Waals surface area contributed by atoms with E-state index in [0.717, 1.165) is 23.3 Å². The zero-order chi connectivity index (χ0) is 20.6. The van der Waals surface area contributed by atoms with Crippen LogP contribution in [-0.2, 0) is 6.42 Å². The standard InChI is InChI=1S/C23H26N4O2/c1-16(18-9-5-4-6-10-18)25-23(28)20-15-22(27-17(2)26-20)24-14-13-19-11-7-8-12-21(19)29-3/h4-12,15-16H,13-14H2,1-3H3,(H,25,28)(H,24,26,27). The lowest BCUT2D eigenvalue weighted by Gasteiger charge is -2.15. The molecule has 0 spiro atoms. The number of benzene rings is 2. The minimum absolute atomic E-state index is 0.110. The Kier molecular flexibility index (Phi) is 6.79. The van der Waals surface area contributed by atoms with Crippen LogP contribution in [-0.4, -0.2) is 29.5 Å². The zero-order valence-electron chi connectivity index (χ0n) is 17.0. The zero-order valence-corrected chi connectivity index (χ0v) is 17.0. The van der Waals surface area contributed by atoms with E-state index in [-0.39, 0.29) is 11.9 Å². The summed E-state index contributed by atoms with van der Waals surface area (Å²) in [6.07, 6.45) is 0.777. The highest BCUT2D eigenvalue weighted by Crippen LogP contribution is 2.18. The molecule has 3 aromatic rings. The molecular weight excluding hydrogens is 364 g/mol. The number of anilines is 1. The summed E-state index contributed by atoms with van der Waals surface area (Å²) in [5.41, 5.74) is 2.50. The van der Waals surface area contributed by atoms with E-state index in [0.29, 0.717) is 23.9 Å². The van der Waals surface area contributed by atoms with Crippen molar-refractivity contribution >= 4 is 11.7 Å². The summed E-state index contributed by atoms with van der Waals surface area (Å²) >= 11 is 0. The van der Waals surface area contributed by atoms with Gasteiger partial charge in [0.1, 0.15) is 23.1 Å². The maximum Gasteiger partial charge on any atom is 0.270 e. The molecule has 0 radical (unpaired) electrons. The largest absolute Gasteiger partial charge is 0.496 e. The van der Waals surface area contributed by atoms with Crippen LogP contribution in [0.1, 0.15) is 40.4 Å². The number of methoxy groups -OCH3 is 1. The normalized spacial score (nSPS) is 11.6. The Morgan fingerprint density at radius 2 is 1.79 bits per heavy atom. The number of hydrogen-bond donors (Lipinski definition) is 2. The minimum atomic E-state index is -0.223. The minimum Gasteiger partial charge on any atom is -0.496 e. The van der Waals surface area contributed by atoms with Crippen molar-refractivity contribution < 1.29 is 9.53 Å². The average Bonchev–Trinajstić information content (AvgIpc) is 2.74. The van der Waals surface area contributed by atoms with Gasteiger partial charge >= 0.3 is 0 Å². The second-order valence-corrected chi connectivity index (χ2v) is 6.78. The van der Waals surface area contributed by atoms with Crippen LogP contribution >= 0.6 is 0 Å². The van der Waals surface area contributed by atoms with Gasteiger partial charge in [-0.15, -0.1) is 0 Å². The van der Waals surface area contributed by atoms with E-state index >= 15 is 0 Å². The Labute approximate surface area is 171 Å². The lowest BCUT2D eigenvalue weighted by Crippen LogP contribution is -2.28. The summed E-state index contributed by atoms with van der Waals surface area (Å²) in [6.45, 7) is 4.40. The van der Waals surface area contributed by atoms with Crippen LogP contribution in [0, 0.1) is 6.92 Å². The fourth-order valence-corrected chi connectivity index (χ4v) is 3.10. The molecular formula is C23H26N4O2. The van der Waals surface area contributed by atoms with Crippen LogP contribution in [0.15, 0.2) is 60.7 Å². The predicted octanol–water partition coefficient (Wildman–Crippen LogP) is 3.94. The van der Waals surface area contributed by atoms with Crippen LogP contribution in [0.3, 0.4) is 0 Å². The quantitative estimate of drug-likeness (QED) is 0.609. The van der Waals surface area contributed by atoms with E-state index < -0.39 is 0 Å². The van der Waals surface area contributed by atoms with Gasteiger partial charge in [-0.25, -0.2) is 9.97 Å². The van der Waals surface area contributed by atoms with E-state index in [1.54, 1.807) is 20.1 Å². The molecule has 0 aliphatic heterocycles. The van der Waals surface area contributed by atoms with Gasteiger partial charge in [-0.1, -0.05) is 48.5 Å². The Morgan fingerprint density at radius 1 is 1.07 bits per heavy atom. The number of carbonyl (C=O) groups excluding carboxylic acids is 1. The lowest BCUT2D eigenvalue weighted by atomic mass is 10.1. The number of aryl methyl sites for hydroxylation is 1. The van der Waals surface area contributed by atoms with Crippen LogP contribution in [0.5, 0.6) is 5.75 Å². The first-order valence-corrected chi connectivity index (χ1v) is 9.64. The molecule has 2 aromatic carbocycles. The molecule has 3 rings (SSSR count). The van der Waals surface area contributed by atoms with Gasteiger partial charge in [0.25, 0.3) is 5.91 Å². The Bertz CT molecular complexity index is 960. The van der Waals surface area contributed by atoms with Gasteiger partial charge in [0.2, 0.25) is 0 Å². The first-order chi connectivity index (χ1) is 14.1. The first kappa shape index (κ1) is 20.3. The smallest absolute Gasteiger partial charge is 0.270 e. The number of carbonyl (C=O) groups is 1. The molecule has 1 heterocycles. The number of nitrogens with zero attached hydrogens (tertiary/aromatic N) is 2. The van der Waals surface area contributed by atoms with Crippen molar-refractivity contribution in [3.63, 3.8) is 0 Å². The van der Waals surface area contributed by atoms with Crippen molar-refractivity contribution in [2.45, 2.75) is 26.3 Å². The second kappa shape index (κ2) is 9.68. The Hall–Kier alpha value is -3.41. The molecule has 29 heavy (non-hydrogen) atoms. The summed E-state index contributed by atoms with van der Waals surface area (Å²) in [6, 6.07) is 19.3. The number of nitrogens with one attached hydrogen (secondary N) is 2. The highest BCUT2D eigenvalue weighted by Gasteiger charge is 2.14. The molecule has 6 heteroatoms. The summed E-state index contributed by atoms with van der Waals surface area (Å²) in [5, 5.41) is 6.27. The first-order valence-electron chi connectivity index (χ1n) is 9.64. The van der Waals surface area contributed by atoms with Gasteiger partial charge in [-0.3, -0.25) is 4.79 Å². The molecule has 1 atom stereocenters. The van der Waals surface area contributed by atoms with Crippen molar-refractivity contribution in [3.8, 4) is 5.75 Å². The van der Waals surface area contributed by atoms with Crippen LogP contribution in [0.25, 0.3) is 0 Å². The van der Waals surface area contributed by atoms with Crippen molar-refractivity contribution in [3.05, 3.63) is 83.3 Å². The topological polar surface area (TPSA) is 76.1 Å². The van der Waals surface area contributed by atoms with E-state index in [9.17, 15) is 4.79 Å². The van der Waals surface area contributed by atoms with Crippen LogP contribution in [0.2, 0.25) is 0 Å². The molecule has 0 bridgehead atoms. The highest BCUT2D eigenvalue weighted by atomic mass is 16.5. The summed E-state index contributed by atoms with van der Waals surface area (Å²) in [7, 11) is 1.67. The maximum absolute atomic E-state index is 12.7. The summed E-state index contributed by atoms with van der Waals surface area (Å²) in [5.74, 6) is 1.82. The molecule has 6 nitrogen and oxygen atoms in total. The molecule has 2 N–H and O–H groups in total. The highest BCUT2D eigenvalue weighted by molar-refractivity contribution is 5.93. The predicted molar refractivity (Wildman–Crippen MR) is 114 cm³/mol. The third-order valence-electron chi connectivity index (χ3n) is 4.61. The van der Waals surface area contributed by atoms with Crippen molar-refractivity contribution in [2.24, 2.45) is 0 Å². The van der Waals surface area contributed by atoms with Crippen molar-refractivity contribution in [1.29, 1.82) is 0 Å². The molecule has 150 valence electrons. The fourth-order valence-electron chi connectivity index (χ4n) is 3.10. The fraction of sp³-hybridized carbons (Fsp3) is 0.261. The molecule has 0 aliphatic rings. The SMILES string of the molecule is COc1ccccc1CCNc1cc(C(=O)NC(C)c2ccccc2)nc(C)n1. The average molecular weight is 390 g/mol. The lowest BCUT2D eigenvalue weighted by molar-refractivity contribution is 0.0934. The maximum atomic E-state index is 12.7. The van der Waals surface area contributed by atoms with E-state index in [1.165, 1.54) is 0 Å². The van der Waals surface area contributed by atoms with Crippen molar-refractivity contribution in [1.82, 2.24) is 15.3 Å². The van der Waals surface area contributed by atoms with Gasteiger partial charge in [-0.05, 0) is 37.5 Å². The number of aromatic nitrogens is 2. The van der Waals surface area contributed by atoms with Crippen LogP contribution < -0.4 is 15.4 Å². The Balaban J connectivity index is 1.64. The number of rotatable bonds is 8. The van der Waals surface area contributed by atoms with E-state index in [2.05, 4.69) is 20.6 Å². The molecule has 1 amide bonds. The van der Waals surface area contributed by atoms with Gasteiger partial charge < -0.3 is 15.4 Å². The van der Waals surface area contributed by atoms with E-state index in [1.807, 2.05) is 61.5 Å². The molecule has 0 saturated carbocycles. The van der Waals surface area contributed by atoms with Gasteiger partial charge in [0.05, 0.1) is 13.2 Å². The third-order valence-corrected chi connectivity index (χ3v) is 4.61. The van der Waals surface area contributed by atoms with Gasteiger partial charge in [0.15, 0.2) is 0 Å². The number of para-hydroxylation sites is 1. The van der Waals surface area contributed by atoms with Gasteiger partial charge in [-0.2, -0.15) is 0 Å². The molecule has 0 fully saturated rings. The van der Waals surface area contributed by atoms with Gasteiger partial charge in [0, 0.05) is 12.6 Å². The monoisotopic (exact) mass is 390 g/mol. The summed E-state index contributed by atoms with van der Waals surface area (Å²) in [4.78, 5) is 21.4. The Morgan fingerprint density at radius 3 is 2.55 bits per heavy atom. The van der Waals surface area contributed by atoms with Crippen molar-refractivity contribution in [2.75, 3.05) is 19.0 Å². The number of hydrogen-bond acceptors (Lipinski definition) is 5. The third kappa shape index (κ3) is 5.54.